The highest BCUT2D eigenvalue weighted by Crippen LogP contribution is 2.36. The van der Waals surface area contributed by atoms with Crippen LogP contribution >= 0.6 is 27.5 Å². The van der Waals surface area contributed by atoms with Gasteiger partial charge in [0.05, 0.1) is 9.37 Å². The van der Waals surface area contributed by atoms with Crippen LogP contribution in [0.5, 0.6) is 0 Å². The van der Waals surface area contributed by atoms with E-state index in [9.17, 15) is 8.42 Å². The molecule has 4 nitrogen and oxygen atoms in total. The summed E-state index contributed by atoms with van der Waals surface area (Å²) in [6, 6.07) is 2.97. The Morgan fingerprint density at radius 3 is 2.62 bits per heavy atom. The summed E-state index contributed by atoms with van der Waals surface area (Å²) in [6.45, 7) is 3.95. The van der Waals surface area contributed by atoms with Gasteiger partial charge in [-0.25, -0.2) is 8.42 Å². The van der Waals surface area contributed by atoms with Gasteiger partial charge in [0, 0.05) is 23.3 Å². The molecule has 0 spiro atoms. The van der Waals surface area contributed by atoms with Crippen LogP contribution in [0.4, 0.5) is 5.69 Å². The van der Waals surface area contributed by atoms with E-state index in [-0.39, 0.29) is 17.5 Å². The van der Waals surface area contributed by atoms with Gasteiger partial charge >= 0.3 is 0 Å². The second-order valence-corrected chi connectivity index (χ2v) is 8.20. The lowest BCUT2D eigenvalue weighted by Crippen LogP contribution is -2.39. The number of rotatable bonds is 5. The standard InChI is InChI=1S/C14H18BrClN2O2S/c1-2-7-18(11-5-3-4-6-11)21(19,20)13-9-10(16)8-12(17)14(13)15/h2,8-9,11H,1,3-7,17H2. The van der Waals surface area contributed by atoms with E-state index >= 15 is 0 Å². The highest BCUT2D eigenvalue weighted by atomic mass is 79.9. The van der Waals surface area contributed by atoms with Crippen molar-refractivity contribution >= 4 is 43.2 Å². The lowest BCUT2D eigenvalue weighted by Gasteiger charge is -2.27. The number of nitrogen functional groups attached to an aromatic ring is 1. The summed E-state index contributed by atoms with van der Waals surface area (Å²) in [5.41, 5.74) is 6.12. The average Bonchev–Trinajstić information content (AvgIpc) is 2.93. The number of hydrogen-bond donors (Lipinski definition) is 1. The van der Waals surface area contributed by atoms with Crippen molar-refractivity contribution < 1.29 is 8.42 Å². The summed E-state index contributed by atoms with van der Waals surface area (Å²) in [4.78, 5) is 0.112. The third-order valence-corrected chi connectivity index (χ3v) is 6.97. The fourth-order valence-electron chi connectivity index (χ4n) is 2.66. The minimum absolute atomic E-state index is 0.0140. The maximum Gasteiger partial charge on any atom is 0.244 e. The molecule has 0 unspecified atom stereocenters. The lowest BCUT2D eigenvalue weighted by atomic mass is 10.2. The topological polar surface area (TPSA) is 63.4 Å². The molecular formula is C14H18BrClN2O2S. The number of anilines is 1. The number of benzene rings is 1. The van der Waals surface area contributed by atoms with Crippen molar-refractivity contribution in [2.75, 3.05) is 12.3 Å². The van der Waals surface area contributed by atoms with E-state index in [1.165, 1.54) is 16.4 Å². The fourth-order valence-corrected chi connectivity index (χ4v) is 5.57. The van der Waals surface area contributed by atoms with Crippen molar-refractivity contribution in [1.82, 2.24) is 4.31 Å². The van der Waals surface area contributed by atoms with E-state index in [2.05, 4.69) is 22.5 Å². The molecule has 0 aliphatic heterocycles. The van der Waals surface area contributed by atoms with Crippen LogP contribution < -0.4 is 5.73 Å². The molecule has 7 heteroatoms. The summed E-state index contributed by atoms with van der Waals surface area (Å²) in [7, 11) is -3.67. The van der Waals surface area contributed by atoms with Crippen LogP contribution in [0.1, 0.15) is 25.7 Å². The van der Waals surface area contributed by atoms with Crippen molar-refractivity contribution in [3.63, 3.8) is 0 Å². The van der Waals surface area contributed by atoms with Crippen molar-refractivity contribution in [1.29, 1.82) is 0 Å². The quantitative estimate of drug-likeness (QED) is 0.611. The van der Waals surface area contributed by atoms with E-state index in [0.29, 0.717) is 15.2 Å². The van der Waals surface area contributed by atoms with Crippen molar-refractivity contribution in [2.45, 2.75) is 36.6 Å². The van der Waals surface area contributed by atoms with Gasteiger partial charge in [0.1, 0.15) is 0 Å². The summed E-state index contributed by atoms with van der Waals surface area (Å²) in [6.07, 6.45) is 5.46. The molecule has 1 saturated carbocycles. The molecule has 0 amide bonds. The molecule has 0 heterocycles. The normalized spacial score (nSPS) is 16.5. The van der Waals surface area contributed by atoms with Gasteiger partial charge in [-0.3, -0.25) is 0 Å². The molecule has 0 saturated heterocycles. The van der Waals surface area contributed by atoms with Crippen molar-refractivity contribution in [2.24, 2.45) is 0 Å². The van der Waals surface area contributed by atoms with Gasteiger partial charge in [0.2, 0.25) is 10.0 Å². The molecule has 1 aromatic carbocycles. The summed E-state index contributed by atoms with van der Waals surface area (Å²) in [5, 5.41) is 0.305. The molecule has 0 aromatic heterocycles. The third kappa shape index (κ3) is 3.44. The maximum atomic E-state index is 13.0. The zero-order valence-electron chi connectivity index (χ0n) is 11.6. The van der Waals surface area contributed by atoms with Crippen LogP contribution in [0, 0.1) is 0 Å². The van der Waals surface area contributed by atoms with Gasteiger partial charge in [-0.15, -0.1) is 6.58 Å². The predicted molar refractivity (Wildman–Crippen MR) is 89.9 cm³/mol. The number of halogens is 2. The zero-order chi connectivity index (χ0) is 15.6. The van der Waals surface area contributed by atoms with E-state index in [0.717, 1.165) is 25.7 Å². The van der Waals surface area contributed by atoms with Crippen LogP contribution in [0.3, 0.4) is 0 Å². The molecular weight excluding hydrogens is 376 g/mol. The van der Waals surface area contributed by atoms with Gasteiger partial charge in [0.15, 0.2) is 0 Å². The summed E-state index contributed by atoms with van der Waals surface area (Å²) in [5.74, 6) is 0. The van der Waals surface area contributed by atoms with Crippen LogP contribution in [-0.4, -0.2) is 25.3 Å². The Kier molecular flexibility index (Phi) is 5.35. The summed E-state index contributed by atoms with van der Waals surface area (Å²) >= 11 is 9.23. The molecule has 116 valence electrons. The molecule has 21 heavy (non-hydrogen) atoms. The zero-order valence-corrected chi connectivity index (χ0v) is 14.7. The van der Waals surface area contributed by atoms with E-state index in [1.807, 2.05) is 0 Å². The molecule has 2 rings (SSSR count). The van der Waals surface area contributed by atoms with Gasteiger partial charge in [-0.2, -0.15) is 4.31 Å². The number of hydrogen-bond acceptors (Lipinski definition) is 3. The largest absolute Gasteiger partial charge is 0.398 e. The molecule has 1 fully saturated rings. The smallest absolute Gasteiger partial charge is 0.244 e. The number of nitrogens with two attached hydrogens (primary N) is 1. The molecule has 0 bridgehead atoms. The third-order valence-electron chi connectivity index (χ3n) is 3.66. The van der Waals surface area contributed by atoms with Crippen molar-refractivity contribution in [3.8, 4) is 0 Å². The maximum absolute atomic E-state index is 13.0. The van der Waals surface area contributed by atoms with Crippen LogP contribution in [0.15, 0.2) is 34.2 Å². The van der Waals surface area contributed by atoms with Gasteiger partial charge in [0.25, 0.3) is 0 Å². The highest BCUT2D eigenvalue weighted by molar-refractivity contribution is 9.10. The minimum atomic E-state index is -3.67. The van der Waals surface area contributed by atoms with Gasteiger partial charge < -0.3 is 5.73 Å². The second kappa shape index (κ2) is 6.69. The van der Waals surface area contributed by atoms with Crippen LogP contribution in [-0.2, 0) is 10.0 Å². The molecule has 1 aliphatic rings. The molecule has 1 aliphatic carbocycles. The van der Waals surface area contributed by atoms with E-state index < -0.39 is 10.0 Å². The Labute approximate surface area is 139 Å². The molecule has 0 radical (unpaired) electrons. The fraction of sp³-hybridized carbons (Fsp3) is 0.429. The first kappa shape index (κ1) is 16.8. The van der Waals surface area contributed by atoms with E-state index in [4.69, 9.17) is 17.3 Å². The van der Waals surface area contributed by atoms with Crippen LogP contribution in [0.25, 0.3) is 0 Å². The number of sulfonamides is 1. The Hall–Kier alpha value is -0.560. The van der Waals surface area contributed by atoms with Gasteiger partial charge in [-0.05, 0) is 40.9 Å². The highest BCUT2D eigenvalue weighted by Gasteiger charge is 2.34. The van der Waals surface area contributed by atoms with Gasteiger partial charge in [-0.1, -0.05) is 30.5 Å². The number of nitrogens with zero attached hydrogens (tertiary/aromatic N) is 1. The molecule has 1 aromatic rings. The minimum Gasteiger partial charge on any atom is -0.398 e. The predicted octanol–water partition coefficient (Wildman–Crippen LogP) is 3.80. The summed E-state index contributed by atoms with van der Waals surface area (Å²) < 4.78 is 27.8. The first-order valence-corrected chi connectivity index (χ1v) is 9.36. The SMILES string of the molecule is C=CCN(C1CCCC1)S(=O)(=O)c1cc(Cl)cc(N)c1Br. The van der Waals surface area contributed by atoms with Crippen LogP contribution in [0.2, 0.25) is 5.02 Å². The first-order valence-electron chi connectivity index (χ1n) is 6.75. The Morgan fingerprint density at radius 1 is 1.43 bits per heavy atom. The second-order valence-electron chi connectivity index (χ2n) is 5.11. The monoisotopic (exact) mass is 392 g/mol. The Bertz CT molecular complexity index is 643. The first-order chi connectivity index (χ1) is 9.87. The Balaban J connectivity index is 2.50. The lowest BCUT2D eigenvalue weighted by molar-refractivity contribution is 0.347. The molecule has 0 atom stereocenters. The van der Waals surface area contributed by atoms with Crippen molar-refractivity contribution in [3.05, 3.63) is 34.3 Å². The average molecular weight is 394 g/mol. The van der Waals surface area contributed by atoms with E-state index in [1.54, 1.807) is 6.08 Å². The Morgan fingerprint density at radius 2 is 2.05 bits per heavy atom. The molecule has 2 N–H and O–H groups in total.